The molecule has 8 heteroatoms. The number of nitrogens with zero attached hydrogens (tertiary/aromatic N) is 3. The summed E-state index contributed by atoms with van der Waals surface area (Å²) in [5, 5.41) is 12.9. The van der Waals surface area contributed by atoms with Crippen LogP contribution in [0.3, 0.4) is 0 Å². The molecule has 1 aliphatic carbocycles. The van der Waals surface area contributed by atoms with Crippen molar-refractivity contribution in [2.75, 3.05) is 26.8 Å². The Kier molecular flexibility index (Phi) is 6.52. The first-order valence-corrected chi connectivity index (χ1v) is 7.91. The van der Waals surface area contributed by atoms with Crippen LogP contribution in [0.15, 0.2) is 4.52 Å². The SMILES string of the molecule is COCCN(CC(=O)O)C(=O)CCc1nc(C2CCCC2)no1. The monoisotopic (exact) mass is 325 g/mol. The zero-order valence-corrected chi connectivity index (χ0v) is 13.4. The van der Waals surface area contributed by atoms with E-state index in [0.717, 1.165) is 18.7 Å². The van der Waals surface area contributed by atoms with Crippen LogP contribution in [0.25, 0.3) is 0 Å². The lowest BCUT2D eigenvalue weighted by atomic mass is 10.1. The number of carboxylic acid groups (broad SMARTS) is 1. The fourth-order valence-electron chi connectivity index (χ4n) is 2.75. The predicted molar refractivity (Wildman–Crippen MR) is 79.9 cm³/mol. The summed E-state index contributed by atoms with van der Waals surface area (Å²) >= 11 is 0. The van der Waals surface area contributed by atoms with Gasteiger partial charge in [0, 0.05) is 32.4 Å². The Morgan fingerprint density at radius 2 is 2.13 bits per heavy atom. The number of methoxy groups -OCH3 is 1. The number of aliphatic carboxylic acids is 1. The maximum atomic E-state index is 12.1. The van der Waals surface area contributed by atoms with E-state index < -0.39 is 5.97 Å². The number of aryl methyl sites for hydroxylation is 1. The van der Waals surface area contributed by atoms with Crippen molar-refractivity contribution in [3.8, 4) is 0 Å². The molecule has 0 spiro atoms. The van der Waals surface area contributed by atoms with Crippen molar-refractivity contribution >= 4 is 11.9 Å². The fourth-order valence-corrected chi connectivity index (χ4v) is 2.75. The second-order valence-corrected chi connectivity index (χ2v) is 5.73. The quantitative estimate of drug-likeness (QED) is 0.727. The summed E-state index contributed by atoms with van der Waals surface area (Å²) in [7, 11) is 1.51. The largest absolute Gasteiger partial charge is 0.480 e. The van der Waals surface area contributed by atoms with Crippen LogP contribution in [0.1, 0.15) is 49.7 Å². The number of aromatic nitrogens is 2. The van der Waals surface area contributed by atoms with Gasteiger partial charge in [0.1, 0.15) is 6.54 Å². The molecule has 2 rings (SSSR count). The van der Waals surface area contributed by atoms with Gasteiger partial charge in [-0.15, -0.1) is 0 Å². The molecule has 1 heterocycles. The summed E-state index contributed by atoms with van der Waals surface area (Å²) in [4.78, 5) is 28.6. The molecule has 0 aromatic carbocycles. The summed E-state index contributed by atoms with van der Waals surface area (Å²) in [6.45, 7) is 0.212. The number of ether oxygens (including phenoxy) is 1. The highest BCUT2D eigenvalue weighted by molar-refractivity contribution is 5.81. The van der Waals surface area contributed by atoms with Crippen molar-refractivity contribution in [3.63, 3.8) is 0 Å². The Morgan fingerprint density at radius 1 is 1.39 bits per heavy atom. The number of rotatable bonds is 9. The predicted octanol–water partition coefficient (Wildman–Crippen LogP) is 1.22. The van der Waals surface area contributed by atoms with Gasteiger partial charge in [-0.2, -0.15) is 4.98 Å². The molecular weight excluding hydrogens is 302 g/mol. The normalized spacial score (nSPS) is 15.0. The van der Waals surface area contributed by atoms with Crippen LogP contribution in [0.4, 0.5) is 0 Å². The van der Waals surface area contributed by atoms with Gasteiger partial charge in [0.2, 0.25) is 11.8 Å². The molecule has 0 saturated heterocycles. The van der Waals surface area contributed by atoms with E-state index in [1.807, 2.05) is 0 Å². The molecule has 1 N–H and O–H groups in total. The average molecular weight is 325 g/mol. The van der Waals surface area contributed by atoms with Gasteiger partial charge in [0.15, 0.2) is 5.82 Å². The van der Waals surface area contributed by atoms with Gasteiger partial charge in [0.25, 0.3) is 0 Å². The van der Waals surface area contributed by atoms with E-state index in [0.29, 0.717) is 24.8 Å². The first kappa shape index (κ1) is 17.4. The van der Waals surface area contributed by atoms with Gasteiger partial charge in [0.05, 0.1) is 6.61 Å². The van der Waals surface area contributed by atoms with Crippen molar-refractivity contribution in [2.24, 2.45) is 0 Å². The number of carbonyl (C=O) groups is 2. The van der Waals surface area contributed by atoms with Gasteiger partial charge in [-0.1, -0.05) is 18.0 Å². The number of carboxylic acids is 1. The van der Waals surface area contributed by atoms with E-state index >= 15 is 0 Å². The van der Waals surface area contributed by atoms with Crippen molar-refractivity contribution in [2.45, 2.75) is 44.4 Å². The minimum atomic E-state index is -1.05. The third-order valence-corrected chi connectivity index (χ3v) is 4.00. The Morgan fingerprint density at radius 3 is 2.78 bits per heavy atom. The Bertz CT molecular complexity index is 525. The molecule has 1 aromatic rings. The lowest BCUT2D eigenvalue weighted by Crippen LogP contribution is -2.38. The lowest BCUT2D eigenvalue weighted by Gasteiger charge is -2.19. The molecule has 0 aliphatic heterocycles. The summed E-state index contributed by atoms with van der Waals surface area (Å²) in [5.41, 5.74) is 0. The second-order valence-electron chi connectivity index (χ2n) is 5.73. The first-order chi connectivity index (χ1) is 11.1. The zero-order valence-electron chi connectivity index (χ0n) is 13.4. The summed E-state index contributed by atoms with van der Waals surface area (Å²) in [6.07, 6.45) is 5.01. The van der Waals surface area contributed by atoms with Crippen molar-refractivity contribution in [1.82, 2.24) is 15.0 Å². The van der Waals surface area contributed by atoms with Crippen LogP contribution in [0.5, 0.6) is 0 Å². The highest BCUT2D eigenvalue weighted by atomic mass is 16.5. The molecule has 0 unspecified atom stereocenters. The van der Waals surface area contributed by atoms with Gasteiger partial charge in [-0.3, -0.25) is 9.59 Å². The van der Waals surface area contributed by atoms with Crippen LogP contribution in [0, 0.1) is 0 Å². The standard InChI is InChI=1S/C15H23N3O5/c1-22-9-8-18(10-14(20)21)13(19)7-6-12-16-15(17-23-12)11-4-2-3-5-11/h11H,2-10H2,1H3,(H,20,21). The third kappa shape index (κ3) is 5.31. The van der Waals surface area contributed by atoms with Crippen LogP contribution in [-0.4, -0.2) is 58.8 Å². The molecule has 1 fully saturated rings. The molecule has 0 radical (unpaired) electrons. The molecule has 1 aliphatic rings. The molecule has 0 bridgehead atoms. The summed E-state index contributed by atoms with van der Waals surface area (Å²) in [6, 6.07) is 0. The number of hydrogen-bond donors (Lipinski definition) is 1. The Balaban J connectivity index is 1.84. The fraction of sp³-hybridized carbons (Fsp3) is 0.733. The Labute approximate surface area is 134 Å². The molecule has 128 valence electrons. The molecule has 0 atom stereocenters. The van der Waals surface area contributed by atoms with Crippen LogP contribution >= 0.6 is 0 Å². The van der Waals surface area contributed by atoms with Crippen molar-refractivity contribution in [1.29, 1.82) is 0 Å². The number of amides is 1. The highest BCUT2D eigenvalue weighted by Crippen LogP contribution is 2.32. The van der Waals surface area contributed by atoms with E-state index in [9.17, 15) is 9.59 Å². The summed E-state index contributed by atoms with van der Waals surface area (Å²) in [5.74, 6) is 0.225. The highest BCUT2D eigenvalue weighted by Gasteiger charge is 2.23. The smallest absolute Gasteiger partial charge is 0.323 e. The maximum Gasteiger partial charge on any atom is 0.323 e. The first-order valence-electron chi connectivity index (χ1n) is 7.91. The van der Waals surface area contributed by atoms with Crippen molar-refractivity contribution < 1.29 is 24.0 Å². The van der Waals surface area contributed by atoms with Gasteiger partial charge < -0.3 is 19.3 Å². The third-order valence-electron chi connectivity index (χ3n) is 4.00. The van der Waals surface area contributed by atoms with E-state index in [1.165, 1.54) is 24.9 Å². The van der Waals surface area contributed by atoms with Crippen LogP contribution < -0.4 is 0 Å². The average Bonchev–Trinajstić information content (AvgIpc) is 3.19. The minimum absolute atomic E-state index is 0.142. The van der Waals surface area contributed by atoms with E-state index in [1.54, 1.807) is 0 Å². The van der Waals surface area contributed by atoms with E-state index in [-0.39, 0.29) is 25.4 Å². The number of hydrogen-bond acceptors (Lipinski definition) is 6. The molecule has 1 saturated carbocycles. The lowest BCUT2D eigenvalue weighted by molar-refractivity contribution is -0.144. The van der Waals surface area contributed by atoms with Crippen LogP contribution in [0.2, 0.25) is 0 Å². The van der Waals surface area contributed by atoms with E-state index in [4.69, 9.17) is 14.4 Å². The topological polar surface area (TPSA) is 106 Å². The number of carbonyl (C=O) groups excluding carboxylic acids is 1. The second kappa shape index (κ2) is 8.61. The van der Waals surface area contributed by atoms with Crippen molar-refractivity contribution in [3.05, 3.63) is 11.7 Å². The molecule has 8 nitrogen and oxygen atoms in total. The molecule has 23 heavy (non-hydrogen) atoms. The maximum absolute atomic E-state index is 12.1. The van der Waals surface area contributed by atoms with Crippen LogP contribution in [-0.2, 0) is 20.7 Å². The molecule has 1 amide bonds. The van der Waals surface area contributed by atoms with Gasteiger partial charge in [-0.05, 0) is 12.8 Å². The van der Waals surface area contributed by atoms with Gasteiger partial charge in [-0.25, -0.2) is 0 Å². The Hall–Kier alpha value is -1.96. The molecule has 1 aromatic heterocycles. The summed E-state index contributed by atoms with van der Waals surface area (Å²) < 4.78 is 10.1. The minimum Gasteiger partial charge on any atom is -0.480 e. The van der Waals surface area contributed by atoms with Gasteiger partial charge >= 0.3 is 5.97 Å². The zero-order chi connectivity index (χ0) is 16.7. The molecular formula is C15H23N3O5. The van der Waals surface area contributed by atoms with E-state index in [2.05, 4.69) is 10.1 Å².